The Labute approximate surface area is 382 Å². The van der Waals surface area contributed by atoms with Gasteiger partial charge in [-0.05, 0) is 61.4 Å². The number of benzene rings is 2. The molecule has 5 aliphatic heterocycles. The zero-order chi connectivity index (χ0) is 47.7. The molecule has 6 aliphatic rings. The first-order valence-corrected chi connectivity index (χ1v) is 22.5. The number of methoxy groups -OCH3 is 3. The summed E-state index contributed by atoms with van der Waals surface area (Å²) in [5.74, 6) is -4.16. The summed E-state index contributed by atoms with van der Waals surface area (Å²) >= 11 is 0. The Hall–Kier alpha value is -5.75. The summed E-state index contributed by atoms with van der Waals surface area (Å²) in [4.78, 5) is 72.5. The first-order chi connectivity index (χ1) is 31.4. The van der Waals surface area contributed by atoms with Crippen molar-refractivity contribution in [2.45, 2.75) is 100 Å². The van der Waals surface area contributed by atoms with Gasteiger partial charge in [-0.3, -0.25) is 24.2 Å². The number of carbonyl (C=O) groups is 5. The Bertz CT molecular complexity index is 2540. The van der Waals surface area contributed by atoms with E-state index < -0.39 is 70.4 Å². The number of nitrogens with zero attached hydrogens (tertiary/aromatic N) is 3. The molecule has 1 aliphatic carbocycles. The molecular weight excluding hydrogens is 853 g/mol. The van der Waals surface area contributed by atoms with Crippen molar-refractivity contribution in [3.05, 3.63) is 82.6 Å². The monoisotopic (exact) mass is 912 g/mol. The van der Waals surface area contributed by atoms with E-state index in [1.54, 1.807) is 7.11 Å². The SMILES string of the molecule is CCC1=CC2CN(C1)Cc1c([nH]c3ccccc13)[C@@](C(=O)OC)(c1cc3c(cc1OC)N(C)[C@H]1[C@@](O)(C(=O)OC)[C@H](OC(C)=O)[C@]4(CC)C=CCN5CC[C@]31[C@@H]54)C2.O=C(O)CC(O)C(=O)O. The predicted octanol–water partition coefficient (Wildman–Crippen LogP) is 3.66. The van der Waals surface area contributed by atoms with Crippen LogP contribution in [0.1, 0.15) is 75.3 Å². The Morgan fingerprint density at radius 2 is 1.70 bits per heavy atom. The van der Waals surface area contributed by atoms with Gasteiger partial charge in [0.15, 0.2) is 12.2 Å². The Kier molecular flexibility index (Phi) is 12.2. The molecule has 1 saturated heterocycles. The average molecular weight is 913 g/mol. The molecule has 1 saturated carbocycles. The van der Waals surface area contributed by atoms with Crippen LogP contribution in [0.25, 0.3) is 10.9 Å². The van der Waals surface area contributed by atoms with E-state index in [0.717, 1.165) is 52.9 Å². The zero-order valence-corrected chi connectivity index (χ0v) is 38.5. The standard InChI is InChI=1S/C45H54N4O8.C4H6O5/c1-8-27-19-28-22-44(40(51)55-6,36-30(25-48(23-27)24-28)29-13-10-11-14-33(29)46-36)32-20-31-34(21-35(32)54-5)47(4)38-43(31)16-18-49-17-12-15-42(9-2,37(43)49)39(57-26(3)50)45(38,53)41(52)56-7;5-2(4(8)9)1-3(6)7/h10-15,19-21,28,37-39,46,53H,8-9,16-18,22-25H2,1-7H3;2,5H,1H2,(H,6,7)(H,8,9)/t28?,37-,38+,39+,42+,43+,44-,45-;/m0./s1. The number of rotatable bonds is 10. The van der Waals surface area contributed by atoms with E-state index in [1.165, 1.54) is 26.7 Å². The molecule has 354 valence electrons. The lowest BCUT2D eigenvalue weighted by Crippen LogP contribution is -2.81. The number of para-hydroxylation sites is 1. The molecule has 17 heteroatoms. The Morgan fingerprint density at radius 3 is 2.32 bits per heavy atom. The number of esters is 3. The molecule has 66 heavy (non-hydrogen) atoms. The number of ether oxygens (including phenoxy) is 4. The first-order valence-electron chi connectivity index (χ1n) is 22.5. The number of aliphatic hydroxyl groups excluding tert-OH is 1. The number of hydrogen-bond donors (Lipinski definition) is 5. The summed E-state index contributed by atoms with van der Waals surface area (Å²) in [5, 5.41) is 38.5. The van der Waals surface area contributed by atoms with E-state index in [2.05, 4.69) is 58.1 Å². The van der Waals surface area contributed by atoms with E-state index in [9.17, 15) is 24.3 Å². The highest BCUT2D eigenvalue weighted by Gasteiger charge is 2.80. The van der Waals surface area contributed by atoms with E-state index in [-0.39, 0.29) is 17.9 Å². The fourth-order valence-electron chi connectivity index (χ4n) is 13.1. The lowest BCUT2D eigenvalue weighted by Gasteiger charge is -2.63. The largest absolute Gasteiger partial charge is 0.496 e. The van der Waals surface area contributed by atoms with Gasteiger partial charge in [0, 0.05) is 90.9 Å². The zero-order valence-electron chi connectivity index (χ0n) is 38.5. The molecule has 17 nitrogen and oxygen atoms in total. The summed E-state index contributed by atoms with van der Waals surface area (Å²) in [6.07, 6.45) is 5.13. The second-order valence-corrected chi connectivity index (χ2v) is 18.6. The number of carboxylic acid groups (broad SMARTS) is 2. The highest BCUT2D eigenvalue weighted by molar-refractivity contribution is 5.95. The van der Waals surface area contributed by atoms with Crippen LogP contribution in [0.3, 0.4) is 0 Å². The van der Waals surface area contributed by atoms with E-state index in [1.807, 2.05) is 37.1 Å². The third-order valence-corrected chi connectivity index (χ3v) is 15.4. The second-order valence-electron chi connectivity index (χ2n) is 18.6. The second kappa shape index (κ2) is 17.2. The number of hydrogen-bond acceptors (Lipinski definition) is 14. The number of aliphatic hydroxyl groups is 2. The van der Waals surface area contributed by atoms with E-state index in [0.29, 0.717) is 50.2 Å². The van der Waals surface area contributed by atoms with Gasteiger partial charge in [-0.25, -0.2) is 9.59 Å². The number of aromatic amines is 1. The maximum absolute atomic E-state index is 15.2. The van der Waals surface area contributed by atoms with Crippen LogP contribution in [0.2, 0.25) is 0 Å². The van der Waals surface area contributed by atoms with Crippen molar-refractivity contribution >= 4 is 46.4 Å². The average Bonchev–Trinajstić information content (AvgIpc) is 3.95. The van der Waals surface area contributed by atoms with E-state index in [4.69, 9.17) is 34.3 Å². The summed E-state index contributed by atoms with van der Waals surface area (Å²) in [6, 6.07) is 11.2. The molecule has 2 fully saturated rings. The van der Waals surface area contributed by atoms with Crippen LogP contribution in [-0.2, 0) is 55.6 Å². The number of H-pyrrole nitrogens is 1. The van der Waals surface area contributed by atoms with Crippen molar-refractivity contribution in [1.29, 1.82) is 0 Å². The van der Waals surface area contributed by atoms with Crippen LogP contribution in [0.5, 0.6) is 5.75 Å². The molecule has 2 bridgehead atoms. The molecule has 3 unspecified atom stereocenters. The smallest absolute Gasteiger partial charge is 0.344 e. The third-order valence-electron chi connectivity index (χ3n) is 15.4. The number of likely N-dealkylation sites (N-methyl/N-ethyl adjacent to an activating group) is 1. The van der Waals surface area contributed by atoms with Gasteiger partial charge in [0.25, 0.3) is 0 Å². The molecule has 2 aromatic carbocycles. The minimum Gasteiger partial charge on any atom is -0.496 e. The molecule has 0 amide bonds. The van der Waals surface area contributed by atoms with Crippen LogP contribution in [0.15, 0.2) is 60.2 Å². The van der Waals surface area contributed by atoms with Gasteiger partial charge in [0.1, 0.15) is 11.2 Å². The highest BCUT2D eigenvalue weighted by atomic mass is 16.6. The molecule has 3 aromatic rings. The maximum Gasteiger partial charge on any atom is 0.344 e. The summed E-state index contributed by atoms with van der Waals surface area (Å²) in [7, 11) is 6.22. The number of fused-ring (bicyclic) bond motifs is 6. The molecule has 1 spiro atoms. The predicted molar refractivity (Wildman–Crippen MR) is 240 cm³/mol. The lowest BCUT2D eigenvalue weighted by atomic mass is 9.47. The number of anilines is 1. The molecule has 0 radical (unpaired) electrons. The number of carboxylic acids is 2. The van der Waals surface area contributed by atoms with Gasteiger partial charge in [0.05, 0.1) is 33.8 Å². The van der Waals surface area contributed by atoms with E-state index >= 15 is 4.79 Å². The highest BCUT2D eigenvalue weighted by Crippen LogP contribution is 2.68. The minimum absolute atomic E-state index is 0.0284. The number of aromatic nitrogens is 1. The molecule has 9 rings (SSSR count). The molecule has 10 atom stereocenters. The summed E-state index contributed by atoms with van der Waals surface area (Å²) in [5.41, 5.74) is 1.05. The van der Waals surface area contributed by atoms with Gasteiger partial charge in [-0.2, -0.15) is 0 Å². The lowest BCUT2D eigenvalue weighted by molar-refractivity contribution is -0.228. The normalized spacial score (nSPS) is 31.9. The fourth-order valence-corrected chi connectivity index (χ4v) is 13.1. The number of aliphatic carboxylic acids is 2. The first kappa shape index (κ1) is 46.8. The summed E-state index contributed by atoms with van der Waals surface area (Å²) < 4.78 is 23.9. The Morgan fingerprint density at radius 1 is 0.970 bits per heavy atom. The van der Waals surface area contributed by atoms with Crippen molar-refractivity contribution in [3.63, 3.8) is 0 Å². The van der Waals surface area contributed by atoms with Gasteiger partial charge < -0.3 is 49.3 Å². The van der Waals surface area contributed by atoms with Crippen molar-refractivity contribution < 1.29 is 63.3 Å². The van der Waals surface area contributed by atoms with Crippen LogP contribution in [0.4, 0.5) is 5.69 Å². The van der Waals surface area contributed by atoms with Crippen molar-refractivity contribution in [3.8, 4) is 5.75 Å². The van der Waals surface area contributed by atoms with Crippen LogP contribution >= 0.6 is 0 Å². The van der Waals surface area contributed by atoms with Crippen molar-refractivity contribution in [1.82, 2.24) is 14.8 Å². The van der Waals surface area contributed by atoms with Crippen LogP contribution < -0.4 is 9.64 Å². The molecule has 1 aromatic heterocycles. The van der Waals surface area contributed by atoms with Gasteiger partial charge in [0.2, 0.25) is 5.60 Å². The quantitative estimate of drug-likeness (QED) is 0.111. The number of nitrogens with one attached hydrogen (secondary N) is 1. The topological polar surface area (TPSA) is 229 Å². The van der Waals surface area contributed by atoms with Gasteiger partial charge in [-0.1, -0.05) is 55.8 Å². The minimum atomic E-state index is -2.27. The number of carbonyl (C=O) groups excluding carboxylic acids is 3. The maximum atomic E-state index is 15.2. The third kappa shape index (κ3) is 6.74. The van der Waals surface area contributed by atoms with Gasteiger partial charge in [-0.15, -0.1) is 0 Å². The van der Waals surface area contributed by atoms with Crippen molar-refractivity contribution in [2.24, 2.45) is 11.3 Å². The van der Waals surface area contributed by atoms with Crippen LogP contribution in [-0.4, -0.2) is 150 Å². The fraction of sp³-hybridized carbons (Fsp3) is 0.531. The van der Waals surface area contributed by atoms with Crippen molar-refractivity contribution in [2.75, 3.05) is 59.5 Å². The van der Waals surface area contributed by atoms with Crippen LogP contribution in [0, 0.1) is 11.3 Å². The molecule has 5 N–H and O–H groups in total. The Balaban J connectivity index is 0.000000597. The molecule has 6 heterocycles. The van der Waals surface area contributed by atoms with Gasteiger partial charge >= 0.3 is 29.8 Å². The molecular formula is C49H60N4O13. The summed E-state index contributed by atoms with van der Waals surface area (Å²) in [6.45, 7) is 9.19.